The zero-order valence-corrected chi connectivity index (χ0v) is 12.7. The molecule has 1 rings (SSSR count). The van der Waals surface area contributed by atoms with Gasteiger partial charge in [-0.15, -0.1) is 0 Å². The van der Waals surface area contributed by atoms with Crippen molar-refractivity contribution in [3.05, 3.63) is 34.9 Å². The quantitative estimate of drug-likeness (QED) is 0.841. The van der Waals surface area contributed by atoms with Crippen molar-refractivity contribution in [3.8, 4) is 0 Å². The second-order valence-corrected chi connectivity index (χ2v) is 5.46. The molecular formula is C15H20ClNO3. The lowest BCUT2D eigenvalue weighted by Crippen LogP contribution is -2.44. The average molecular weight is 298 g/mol. The van der Waals surface area contributed by atoms with Crippen LogP contribution in [0.3, 0.4) is 0 Å². The number of amides is 1. The molecular weight excluding hydrogens is 278 g/mol. The number of rotatable bonds is 7. The molecule has 0 aliphatic heterocycles. The Balaban J connectivity index is 2.38. The number of carbonyl (C=O) groups excluding carboxylic acids is 2. The molecule has 1 N–H and O–H groups in total. The standard InChI is InChI=1S/C15H20ClNO3/c1-10(2)15(11(3)18)17-14(19)9-20-8-12-5-4-6-13(16)7-12/h4-7,10,15H,8-9H2,1-3H3,(H,17,19). The van der Waals surface area contributed by atoms with E-state index in [0.29, 0.717) is 11.6 Å². The lowest BCUT2D eigenvalue weighted by atomic mass is 10.0. The summed E-state index contributed by atoms with van der Waals surface area (Å²) in [6.07, 6.45) is 0. The summed E-state index contributed by atoms with van der Waals surface area (Å²) >= 11 is 5.85. The molecule has 0 aromatic heterocycles. The predicted octanol–water partition coefficient (Wildman–Crippen LogP) is 2.59. The van der Waals surface area contributed by atoms with E-state index in [1.165, 1.54) is 6.92 Å². The maximum Gasteiger partial charge on any atom is 0.246 e. The zero-order chi connectivity index (χ0) is 15.1. The van der Waals surface area contributed by atoms with Gasteiger partial charge in [-0.25, -0.2) is 0 Å². The molecule has 0 aliphatic rings. The van der Waals surface area contributed by atoms with Crippen LogP contribution in [0, 0.1) is 5.92 Å². The van der Waals surface area contributed by atoms with Gasteiger partial charge in [-0.2, -0.15) is 0 Å². The normalized spacial score (nSPS) is 12.2. The Bertz CT molecular complexity index is 474. The Morgan fingerprint density at radius 3 is 2.60 bits per heavy atom. The van der Waals surface area contributed by atoms with Crippen LogP contribution in [-0.2, 0) is 20.9 Å². The van der Waals surface area contributed by atoms with Gasteiger partial charge in [0.2, 0.25) is 5.91 Å². The van der Waals surface area contributed by atoms with Crippen LogP contribution in [0.25, 0.3) is 0 Å². The highest BCUT2D eigenvalue weighted by atomic mass is 35.5. The molecule has 20 heavy (non-hydrogen) atoms. The molecule has 1 aromatic rings. The number of hydrogen-bond acceptors (Lipinski definition) is 3. The molecule has 0 aliphatic carbocycles. The SMILES string of the molecule is CC(=O)C(NC(=O)COCc1cccc(Cl)c1)C(C)C. The van der Waals surface area contributed by atoms with Gasteiger partial charge in [0.05, 0.1) is 12.6 Å². The fourth-order valence-corrected chi connectivity index (χ4v) is 2.05. The third kappa shape index (κ3) is 5.72. The van der Waals surface area contributed by atoms with Crippen LogP contribution in [-0.4, -0.2) is 24.3 Å². The van der Waals surface area contributed by atoms with Crippen molar-refractivity contribution in [2.75, 3.05) is 6.61 Å². The minimum atomic E-state index is -0.461. The van der Waals surface area contributed by atoms with Gasteiger partial charge in [0.1, 0.15) is 6.61 Å². The first-order valence-electron chi connectivity index (χ1n) is 6.52. The molecule has 1 aromatic carbocycles. The Morgan fingerprint density at radius 2 is 2.05 bits per heavy atom. The molecule has 0 bridgehead atoms. The van der Waals surface area contributed by atoms with E-state index >= 15 is 0 Å². The first-order valence-corrected chi connectivity index (χ1v) is 6.90. The monoisotopic (exact) mass is 297 g/mol. The van der Waals surface area contributed by atoms with Gasteiger partial charge in [0.25, 0.3) is 0 Å². The van der Waals surface area contributed by atoms with Crippen LogP contribution in [0.5, 0.6) is 0 Å². The highest BCUT2D eigenvalue weighted by Crippen LogP contribution is 2.11. The number of ketones is 1. The molecule has 0 saturated heterocycles. The minimum Gasteiger partial charge on any atom is -0.367 e. The largest absolute Gasteiger partial charge is 0.367 e. The van der Waals surface area contributed by atoms with Gasteiger partial charge in [-0.05, 0) is 30.5 Å². The summed E-state index contributed by atoms with van der Waals surface area (Å²) < 4.78 is 5.31. The van der Waals surface area contributed by atoms with Crippen molar-refractivity contribution >= 4 is 23.3 Å². The summed E-state index contributed by atoms with van der Waals surface area (Å²) in [5.41, 5.74) is 0.900. The smallest absolute Gasteiger partial charge is 0.246 e. The van der Waals surface area contributed by atoms with E-state index in [4.69, 9.17) is 16.3 Å². The molecule has 0 radical (unpaired) electrons. The van der Waals surface area contributed by atoms with Crippen molar-refractivity contribution in [2.45, 2.75) is 33.4 Å². The molecule has 0 saturated carbocycles. The van der Waals surface area contributed by atoms with Crippen molar-refractivity contribution < 1.29 is 14.3 Å². The molecule has 5 heteroatoms. The summed E-state index contributed by atoms with van der Waals surface area (Å²) in [6, 6.07) is 6.79. The van der Waals surface area contributed by atoms with E-state index in [2.05, 4.69) is 5.32 Å². The van der Waals surface area contributed by atoms with Crippen LogP contribution in [0.2, 0.25) is 5.02 Å². The lowest BCUT2D eigenvalue weighted by molar-refractivity contribution is -0.131. The first-order chi connectivity index (χ1) is 9.40. The highest BCUT2D eigenvalue weighted by molar-refractivity contribution is 6.30. The van der Waals surface area contributed by atoms with Crippen LogP contribution in [0.4, 0.5) is 0 Å². The van der Waals surface area contributed by atoms with Gasteiger partial charge < -0.3 is 10.1 Å². The fourth-order valence-electron chi connectivity index (χ4n) is 1.84. The zero-order valence-electron chi connectivity index (χ0n) is 12.0. The summed E-state index contributed by atoms with van der Waals surface area (Å²) in [7, 11) is 0. The highest BCUT2D eigenvalue weighted by Gasteiger charge is 2.20. The van der Waals surface area contributed by atoms with Gasteiger partial charge in [-0.1, -0.05) is 37.6 Å². The molecule has 1 atom stereocenters. The Kier molecular flexibility index (Phi) is 6.68. The average Bonchev–Trinajstić information content (AvgIpc) is 2.35. The number of benzene rings is 1. The van der Waals surface area contributed by atoms with E-state index in [-0.39, 0.29) is 24.2 Å². The van der Waals surface area contributed by atoms with E-state index in [1.54, 1.807) is 12.1 Å². The van der Waals surface area contributed by atoms with Crippen LogP contribution in [0.15, 0.2) is 24.3 Å². The number of ether oxygens (including phenoxy) is 1. The second kappa shape index (κ2) is 8.02. The Labute approximate surface area is 124 Å². The summed E-state index contributed by atoms with van der Waals surface area (Å²) in [5, 5.41) is 3.31. The topological polar surface area (TPSA) is 55.4 Å². The number of hydrogen-bond donors (Lipinski definition) is 1. The van der Waals surface area contributed by atoms with Crippen molar-refractivity contribution in [2.24, 2.45) is 5.92 Å². The van der Waals surface area contributed by atoms with Gasteiger partial charge in [0.15, 0.2) is 5.78 Å². The molecule has 0 fully saturated rings. The molecule has 0 heterocycles. The number of halogens is 1. The Morgan fingerprint density at radius 1 is 1.35 bits per heavy atom. The summed E-state index contributed by atoms with van der Waals surface area (Å²) in [6.45, 7) is 5.47. The maximum absolute atomic E-state index is 11.7. The first kappa shape index (κ1) is 16.7. The van der Waals surface area contributed by atoms with E-state index in [1.807, 2.05) is 26.0 Å². The van der Waals surface area contributed by atoms with Crippen molar-refractivity contribution in [3.63, 3.8) is 0 Å². The van der Waals surface area contributed by atoms with Crippen molar-refractivity contribution in [1.82, 2.24) is 5.32 Å². The minimum absolute atomic E-state index is 0.0526. The third-order valence-electron chi connectivity index (χ3n) is 2.81. The molecule has 1 amide bonds. The fraction of sp³-hybridized carbons (Fsp3) is 0.467. The predicted molar refractivity (Wildman–Crippen MR) is 78.6 cm³/mol. The van der Waals surface area contributed by atoms with E-state index < -0.39 is 6.04 Å². The molecule has 4 nitrogen and oxygen atoms in total. The molecule has 0 spiro atoms. The summed E-state index contributed by atoms with van der Waals surface area (Å²) in [4.78, 5) is 23.1. The molecule has 110 valence electrons. The third-order valence-corrected chi connectivity index (χ3v) is 3.05. The van der Waals surface area contributed by atoms with E-state index in [0.717, 1.165) is 5.56 Å². The van der Waals surface area contributed by atoms with Crippen LogP contribution in [0.1, 0.15) is 26.3 Å². The maximum atomic E-state index is 11.7. The lowest BCUT2D eigenvalue weighted by Gasteiger charge is -2.19. The van der Waals surface area contributed by atoms with E-state index in [9.17, 15) is 9.59 Å². The van der Waals surface area contributed by atoms with Gasteiger partial charge in [-0.3, -0.25) is 9.59 Å². The van der Waals surface area contributed by atoms with Gasteiger partial charge >= 0.3 is 0 Å². The number of Topliss-reactive ketones (excluding diaryl/α,β-unsaturated/α-hetero) is 1. The van der Waals surface area contributed by atoms with Crippen LogP contribution < -0.4 is 5.32 Å². The number of carbonyl (C=O) groups is 2. The summed E-state index contributed by atoms with van der Waals surface area (Å²) in [5.74, 6) is -0.284. The second-order valence-electron chi connectivity index (χ2n) is 5.02. The van der Waals surface area contributed by atoms with Crippen molar-refractivity contribution in [1.29, 1.82) is 0 Å². The number of nitrogens with one attached hydrogen (secondary N) is 1. The molecule has 1 unspecified atom stereocenters. The van der Waals surface area contributed by atoms with Crippen LogP contribution >= 0.6 is 11.6 Å². The van der Waals surface area contributed by atoms with Gasteiger partial charge in [0, 0.05) is 5.02 Å². The Hall–Kier alpha value is -1.39.